The van der Waals surface area contributed by atoms with E-state index in [-0.39, 0.29) is 5.91 Å². The highest BCUT2D eigenvalue weighted by Gasteiger charge is 2.31. The quantitative estimate of drug-likeness (QED) is 0.886. The molecule has 0 aromatic heterocycles. The van der Waals surface area contributed by atoms with Gasteiger partial charge in [0.1, 0.15) is 6.04 Å². The number of hydrogen-bond acceptors (Lipinski definition) is 2. The number of nitrogens with zero attached hydrogens (tertiary/aromatic N) is 1. The fourth-order valence-electron chi connectivity index (χ4n) is 1.74. The zero-order chi connectivity index (χ0) is 14.0. The van der Waals surface area contributed by atoms with Crippen LogP contribution < -0.4 is 10.6 Å². The normalized spacial score (nSPS) is 20.8. The van der Waals surface area contributed by atoms with Crippen molar-refractivity contribution in [3.63, 3.8) is 0 Å². The third-order valence-corrected chi connectivity index (χ3v) is 3.51. The maximum absolute atomic E-state index is 12.0. The average Bonchev–Trinajstić information content (AvgIpc) is 2.71. The summed E-state index contributed by atoms with van der Waals surface area (Å²) in [5, 5.41) is 6.35. The van der Waals surface area contributed by atoms with Crippen LogP contribution in [-0.4, -0.2) is 18.4 Å². The standard InChI is InChI=1S/C13H15BrClN3O/c1-7(2)6-16-13-17-11(12(19)18-13)9-5-8(14)3-4-10(9)15/h3-5,7,11H,6H2,1-2H3,(H2,16,17,18,19). The molecule has 0 spiro atoms. The van der Waals surface area contributed by atoms with Crippen LogP contribution in [0.2, 0.25) is 5.02 Å². The summed E-state index contributed by atoms with van der Waals surface area (Å²) in [6.45, 7) is 4.81. The molecule has 19 heavy (non-hydrogen) atoms. The zero-order valence-electron chi connectivity index (χ0n) is 10.7. The average molecular weight is 345 g/mol. The van der Waals surface area contributed by atoms with Gasteiger partial charge in [-0.25, -0.2) is 0 Å². The Morgan fingerprint density at radius 2 is 2.21 bits per heavy atom. The Labute approximate surface area is 125 Å². The smallest absolute Gasteiger partial charge is 0.253 e. The molecular weight excluding hydrogens is 330 g/mol. The van der Waals surface area contributed by atoms with E-state index < -0.39 is 6.04 Å². The third kappa shape index (κ3) is 3.48. The van der Waals surface area contributed by atoms with Crippen LogP contribution in [0.5, 0.6) is 0 Å². The molecule has 102 valence electrons. The van der Waals surface area contributed by atoms with Gasteiger partial charge in [0.05, 0.1) is 0 Å². The van der Waals surface area contributed by atoms with Gasteiger partial charge in [0.15, 0.2) is 5.96 Å². The molecule has 1 unspecified atom stereocenters. The molecular formula is C13H15BrClN3O. The van der Waals surface area contributed by atoms with Gasteiger partial charge in [0.25, 0.3) is 5.91 Å². The molecule has 1 aromatic carbocycles. The molecule has 1 aromatic rings. The van der Waals surface area contributed by atoms with Crippen molar-refractivity contribution in [3.8, 4) is 0 Å². The number of benzene rings is 1. The number of nitrogens with one attached hydrogen (secondary N) is 2. The predicted molar refractivity (Wildman–Crippen MR) is 80.3 cm³/mol. The van der Waals surface area contributed by atoms with Gasteiger partial charge in [-0.15, -0.1) is 0 Å². The van der Waals surface area contributed by atoms with Crippen molar-refractivity contribution < 1.29 is 4.79 Å². The summed E-state index contributed by atoms with van der Waals surface area (Å²) >= 11 is 9.52. The van der Waals surface area contributed by atoms with Gasteiger partial charge in [0, 0.05) is 21.6 Å². The minimum atomic E-state index is -0.490. The van der Waals surface area contributed by atoms with Gasteiger partial charge in [0.2, 0.25) is 0 Å². The first-order valence-corrected chi connectivity index (χ1v) is 7.21. The van der Waals surface area contributed by atoms with E-state index in [2.05, 4.69) is 45.4 Å². The molecule has 1 heterocycles. The van der Waals surface area contributed by atoms with E-state index in [1.807, 2.05) is 12.1 Å². The summed E-state index contributed by atoms with van der Waals surface area (Å²) in [6, 6.07) is 4.95. The summed E-state index contributed by atoms with van der Waals surface area (Å²) < 4.78 is 0.883. The number of carbonyl (C=O) groups excluding carboxylic acids is 1. The third-order valence-electron chi connectivity index (χ3n) is 2.67. The first kappa shape index (κ1) is 14.3. The van der Waals surface area contributed by atoms with Gasteiger partial charge < -0.3 is 5.32 Å². The van der Waals surface area contributed by atoms with Crippen LogP contribution in [0, 0.1) is 5.92 Å². The van der Waals surface area contributed by atoms with E-state index in [1.54, 1.807) is 6.07 Å². The zero-order valence-corrected chi connectivity index (χ0v) is 13.0. The van der Waals surface area contributed by atoms with Crippen molar-refractivity contribution in [3.05, 3.63) is 33.3 Å². The second-order valence-corrected chi connectivity index (χ2v) is 6.14. The number of rotatable bonds is 3. The first-order valence-electron chi connectivity index (χ1n) is 6.04. The van der Waals surface area contributed by atoms with Crippen molar-refractivity contribution in [1.29, 1.82) is 0 Å². The molecule has 1 atom stereocenters. The first-order chi connectivity index (χ1) is 8.97. The summed E-state index contributed by atoms with van der Waals surface area (Å²) in [7, 11) is 0. The molecule has 1 amide bonds. The topological polar surface area (TPSA) is 53.5 Å². The molecule has 1 aliphatic rings. The Hall–Kier alpha value is -1.07. The lowest BCUT2D eigenvalue weighted by Gasteiger charge is -2.10. The van der Waals surface area contributed by atoms with Crippen molar-refractivity contribution in [1.82, 2.24) is 10.6 Å². The fraction of sp³-hybridized carbons (Fsp3) is 0.385. The van der Waals surface area contributed by atoms with Gasteiger partial charge in [-0.1, -0.05) is 41.4 Å². The number of amides is 1. The summed E-state index contributed by atoms with van der Waals surface area (Å²) in [4.78, 5) is 16.3. The van der Waals surface area contributed by atoms with Crippen molar-refractivity contribution >= 4 is 39.4 Å². The van der Waals surface area contributed by atoms with Gasteiger partial charge in [-0.2, -0.15) is 0 Å². The minimum Gasteiger partial charge on any atom is -0.340 e. The van der Waals surface area contributed by atoms with E-state index in [4.69, 9.17) is 11.6 Å². The minimum absolute atomic E-state index is 0.137. The maximum atomic E-state index is 12.0. The van der Waals surface area contributed by atoms with Crippen molar-refractivity contribution in [2.45, 2.75) is 19.9 Å². The molecule has 1 saturated heterocycles. The Bertz CT molecular complexity index is 531. The fourth-order valence-corrected chi connectivity index (χ4v) is 2.35. The van der Waals surface area contributed by atoms with E-state index in [1.165, 1.54) is 0 Å². The van der Waals surface area contributed by atoms with Crippen LogP contribution in [0.25, 0.3) is 0 Å². The lowest BCUT2D eigenvalue weighted by Crippen LogP contribution is -2.26. The SMILES string of the molecule is CC(C)CN=C1NC(=O)C(c2cc(Br)ccc2Cl)N1. The monoisotopic (exact) mass is 343 g/mol. The Morgan fingerprint density at radius 1 is 1.47 bits per heavy atom. The molecule has 1 aliphatic heterocycles. The summed E-state index contributed by atoms with van der Waals surface area (Å²) in [6.07, 6.45) is 0. The van der Waals surface area contributed by atoms with Crippen LogP contribution in [0.1, 0.15) is 25.5 Å². The molecule has 2 N–H and O–H groups in total. The molecule has 0 aliphatic carbocycles. The highest BCUT2D eigenvalue weighted by atomic mass is 79.9. The number of carbonyl (C=O) groups is 1. The second-order valence-electron chi connectivity index (χ2n) is 4.82. The highest BCUT2D eigenvalue weighted by Crippen LogP contribution is 2.28. The number of aliphatic imine (C=N–C) groups is 1. The van der Waals surface area contributed by atoms with Crippen LogP contribution in [-0.2, 0) is 4.79 Å². The van der Waals surface area contributed by atoms with Gasteiger partial charge in [-0.3, -0.25) is 15.1 Å². The molecule has 0 saturated carbocycles. The highest BCUT2D eigenvalue weighted by molar-refractivity contribution is 9.10. The van der Waals surface area contributed by atoms with Crippen LogP contribution in [0.4, 0.5) is 0 Å². The number of guanidine groups is 1. The Balaban J connectivity index is 2.20. The molecule has 0 bridgehead atoms. The maximum Gasteiger partial charge on any atom is 0.253 e. The van der Waals surface area contributed by atoms with E-state index in [9.17, 15) is 4.79 Å². The lowest BCUT2D eigenvalue weighted by atomic mass is 10.1. The van der Waals surface area contributed by atoms with E-state index in [0.29, 0.717) is 23.4 Å². The largest absolute Gasteiger partial charge is 0.340 e. The predicted octanol–water partition coefficient (Wildman–Crippen LogP) is 2.88. The molecule has 2 rings (SSSR count). The molecule has 4 nitrogen and oxygen atoms in total. The second kappa shape index (κ2) is 5.92. The Morgan fingerprint density at radius 3 is 2.89 bits per heavy atom. The Kier molecular flexibility index (Phi) is 4.47. The van der Waals surface area contributed by atoms with Gasteiger partial charge in [-0.05, 0) is 24.1 Å². The number of halogens is 2. The van der Waals surface area contributed by atoms with Crippen LogP contribution in [0.15, 0.2) is 27.7 Å². The molecule has 6 heteroatoms. The van der Waals surface area contributed by atoms with Gasteiger partial charge >= 0.3 is 0 Å². The lowest BCUT2D eigenvalue weighted by molar-refractivity contribution is -0.120. The van der Waals surface area contributed by atoms with Crippen molar-refractivity contribution in [2.75, 3.05) is 6.54 Å². The molecule has 1 fully saturated rings. The van der Waals surface area contributed by atoms with Crippen molar-refractivity contribution in [2.24, 2.45) is 10.9 Å². The van der Waals surface area contributed by atoms with E-state index >= 15 is 0 Å². The van der Waals surface area contributed by atoms with Crippen LogP contribution in [0.3, 0.4) is 0 Å². The summed E-state index contributed by atoms with van der Waals surface area (Å²) in [5.41, 5.74) is 0.739. The van der Waals surface area contributed by atoms with Crippen LogP contribution >= 0.6 is 27.5 Å². The summed E-state index contributed by atoms with van der Waals surface area (Å²) in [5.74, 6) is 0.821. The molecule has 0 radical (unpaired) electrons. The number of hydrogen-bond donors (Lipinski definition) is 2. The van der Waals surface area contributed by atoms with E-state index in [0.717, 1.165) is 10.0 Å².